The van der Waals surface area contributed by atoms with E-state index in [-0.39, 0.29) is 17.3 Å². The minimum absolute atomic E-state index is 0.131. The molecule has 4 rings (SSSR count). The van der Waals surface area contributed by atoms with Crippen LogP contribution in [0.1, 0.15) is 27.0 Å². The second-order valence-corrected chi connectivity index (χ2v) is 7.71. The Morgan fingerprint density at radius 3 is 2.64 bits per heavy atom. The molecule has 0 unspecified atom stereocenters. The molecule has 1 fully saturated rings. The fourth-order valence-corrected chi connectivity index (χ4v) is 3.78. The molecule has 146 valence electrons. The maximum absolute atomic E-state index is 13.0. The zero-order chi connectivity index (χ0) is 19.8. The summed E-state index contributed by atoms with van der Waals surface area (Å²) in [5.41, 5.74) is 2.50. The number of rotatable bonds is 3. The van der Waals surface area contributed by atoms with Gasteiger partial charge >= 0.3 is 0 Å². The van der Waals surface area contributed by atoms with E-state index in [0.29, 0.717) is 57.8 Å². The summed E-state index contributed by atoms with van der Waals surface area (Å²) < 4.78 is 11.3. The Bertz CT molecular complexity index is 981. The number of Topliss-reactive ketones (excluding diaryl/α,β-unsaturated/α-hetero) is 1. The summed E-state index contributed by atoms with van der Waals surface area (Å²) in [6.45, 7) is 5.11. The lowest BCUT2D eigenvalue weighted by atomic mass is 9.99. The number of hydrogen-bond acceptors (Lipinski definition) is 5. The van der Waals surface area contributed by atoms with Crippen LogP contribution in [0.2, 0.25) is 10.0 Å². The van der Waals surface area contributed by atoms with E-state index in [9.17, 15) is 9.90 Å². The summed E-state index contributed by atoms with van der Waals surface area (Å²) in [4.78, 5) is 15.1. The number of halogens is 2. The summed E-state index contributed by atoms with van der Waals surface area (Å²) in [6, 6.07) is 6.73. The highest BCUT2D eigenvalue weighted by Gasteiger charge is 2.33. The monoisotopic (exact) mass is 419 g/mol. The minimum atomic E-state index is -0.207. The molecule has 7 heteroatoms. The van der Waals surface area contributed by atoms with E-state index < -0.39 is 0 Å². The van der Waals surface area contributed by atoms with E-state index >= 15 is 0 Å². The van der Waals surface area contributed by atoms with Crippen molar-refractivity contribution in [3.63, 3.8) is 0 Å². The summed E-state index contributed by atoms with van der Waals surface area (Å²) in [5, 5.41) is 11.4. The molecule has 5 nitrogen and oxygen atoms in total. The van der Waals surface area contributed by atoms with Crippen LogP contribution in [-0.2, 0) is 11.3 Å². The van der Waals surface area contributed by atoms with E-state index in [4.69, 9.17) is 32.7 Å². The Morgan fingerprint density at radius 1 is 1.18 bits per heavy atom. The first-order chi connectivity index (χ1) is 13.4. The largest absolute Gasteiger partial charge is 0.507 e. The Hall–Kier alpha value is -2.05. The quantitative estimate of drug-likeness (QED) is 0.744. The molecule has 2 aromatic carbocycles. The number of phenols is 1. The average molecular weight is 420 g/mol. The third-order valence-electron chi connectivity index (χ3n) is 4.95. The Balaban J connectivity index is 1.70. The number of morpholine rings is 1. The summed E-state index contributed by atoms with van der Waals surface area (Å²) >= 11 is 12.0. The smallest absolute Gasteiger partial charge is 0.232 e. The topological polar surface area (TPSA) is 59.0 Å². The van der Waals surface area contributed by atoms with Crippen molar-refractivity contribution in [2.45, 2.75) is 13.5 Å². The van der Waals surface area contributed by atoms with Crippen molar-refractivity contribution in [2.24, 2.45) is 0 Å². The summed E-state index contributed by atoms with van der Waals surface area (Å²) in [7, 11) is 0. The zero-order valence-electron chi connectivity index (χ0n) is 15.3. The average Bonchev–Trinajstić information content (AvgIpc) is 2.99. The van der Waals surface area contributed by atoms with Gasteiger partial charge in [-0.25, -0.2) is 0 Å². The van der Waals surface area contributed by atoms with Gasteiger partial charge in [0.2, 0.25) is 5.78 Å². The molecule has 28 heavy (non-hydrogen) atoms. The van der Waals surface area contributed by atoms with E-state index in [2.05, 4.69) is 4.90 Å². The number of carbonyl (C=O) groups excluding carboxylic acids is 1. The molecule has 0 amide bonds. The van der Waals surface area contributed by atoms with Gasteiger partial charge in [-0.15, -0.1) is 0 Å². The first kappa shape index (κ1) is 19.3. The van der Waals surface area contributed by atoms with Crippen molar-refractivity contribution in [1.82, 2.24) is 4.90 Å². The van der Waals surface area contributed by atoms with Crippen molar-refractivity contribution >= 4 is 35.1 Å². The lowest BCUT2D eigenvalue weighted by Gasteiger charge is -2.27. The Morgan fingerprint density at radius 2 is 1.93 bits per heavy atom. The summed E-state index contributed by atoms with van der Waals surface area (Å²) in [6.07, 6.45) is 1.64. The number of carbonyl (C=O) groups is 1. The van der Waals surface area contributed by atoms with Crippen LogP contribution in [0.25, 0.3) is 6.08 Å². The van der Waals surface area contributed by atoms with Gasteiger partial charge in [0.1, 0.15) is 11.5 Å². The molecule has 2 heterocycles. The van der Waals surface area contributed by atoms with Crippen molar-refractivity contribution in [3.8, 4) is 11.5 Å². The summed E-state index contributed by atoms with van der Waals surface area (Å²) in [5.74, 6) is 0.554. The van der Waals surface area contributed by atoms with E-state index in [0.717, 1.165) is 13.1 Å². The minimum Gasteiger partial charge on any atom is -0.507 e. The molecule has 0 spiro atoms. The number of allylic oxidation sites excluding steroid dienone is 1. The molecule has 0 saturated carbocycles. The van der Waals surface area contributed by atoms with Gasteiger partial charge in [-0.2, -0.15) is 0 Å². The molecule has 1 saturated heterocycles. The van der Waals surface area contributed by atoms with E-state index in [1.807, 2.05) is 0 Å². The predicted octanol–water partition coefficient (Wildman–Crippen LogP) is 4.46. The highest BCUT2D eigenvalue weighted by Crippen LogP contribution is 2.42. The van der Waals surface area contributed by atoms with Gasteiger partial charge < -0.3 is 14.6 Å². The third-order valence-corrected chi connectivity index (χ3v) is 5.69. The van der Waals surface area contributed by atoms with Crippen LogP contribution in [0.15, 0.2) is 30.0 Å². The number of ether oxygens (including phenoxy) is 2. The Kier molecular flexibility index (Phi) is 5.34. The molecule has 1 N–H and O–H groups in total. The van der Waals surface area contributed by atoms with Crippen LogP contribution in [0.4, 0.5) is 0 Å². The molecule has 2 aliphatic rings. The van der Waals surface area contributed by atoms with Crippen LogP contribution >= 0.6 is 23.2 Å². The van der Waals surface area contributed by atoms with Crippen LogP contribution in [0.3, 0.4) is 0 Å². The molecule has 2 aliphatic heterocycles. The number of hydrogen-bond donors (Lipinski definition) is 1. The number of ketones is 1. The lowest BCUT2D eigenvalue weighted by molar-refractivity contribution is 0.0336. The van der Waals surface area contributed by atoms with E-state index in [1.165, 1.54) is 0 Å². The highest BCUT2D eigenvalue weighted by atomic mass is 35.5. The predicted molar refractivity (Wildman–Crippen MR) is 108 cm³/mol. The maximum Gasteiger partial charge on any atom is 0.232 e. The third kappa shape index (κ3) is 3.63. The number of fused-ring (bicyclic) bond motifs is 1. The number of aromatic hydroxyl groups is 1. The number of aryl methyl sites for hydroxylation is 1. The van der Waals surface area contributed by atoms with Crippen LogP contribution < -0.4 is 4.74 Å². The highest BCUT2D eigenvalue weighted by molar-refractivity contribution is 6.42. The van der Waals surface area contributed by atoms with Gasteiger partial charge in [0.25, 0.3) is 0 Å². The molecule has 0 radical (unpaired) electrons. The second kappa shape index (κ2) is 7.76. The Labute approximate surface area is 173 Å². The molecular formula is C21H19Cl2NO4. The van der Waals surface area contributed by atoms with Crippen molar-refractivity contribution in [1.29, 1.82) is 0 Å². The number of phenolic OH excluding ortho intramolecular Hbond substituents is 1. The molecule has 2 aromatic rings. The molecule has 0 atom stereocenters. The maximum atomic E-state index is 13.0. The zero-order valence-corrected chi connectivity index (χ0v) is 16.8. The SMILES string of the molecule is Cc1cc(O)c(CN2CCOCC2)c2c1C(=O)/C(=C/c1ccc(Cl)c(Cl)c1)O2. The fraction of sp³-hybridized carbons (Fsp3) is 0.286. The van der Waals surface area contributed by atoms with Gasteiger partial charge in [0.05, 0.1) is 34.4 Å². The van der Waals surface area contributed by atoms with Gasteiger partial charge in [0, 0.05) is 19.6 Å². The molecule has 0 aromatic heterocycles. The van der Waals surface area contributed by atoms with Crippen LogP contribution in [0.5, 0.6) is 11.5 Å². The first-order valence-electron chi connectivity index (χ1n) is 8.99. The standard InChI is InChI=1S/C21H19Cl2NO4/c1-12-8-17(25)14(11-24-4-6-27-7-5-24)21-19(12)20(26)18(28-21)10-13-2-3-15(22)16(23)9-13/h2-3,8-10,25H,4-7,11H2,1H3/b18-10-. The first-order valence-corrected chi connectivity index (χ1v) is 9.74. The van der Waals surface area contributed by atoms with Crippen molar-refractivity contribution in [2.75, 3.05) is 26.3 Å². The van der Waals surface area contributed by atoms with Crippen LogP contribution in [-0.4, -0.2) is 42.1 Å². The van der Waals surface area contributed by atoms with Gasteiger partial charge in [0.15, 0.2) is 5.76 Å². The fourth-order valence-electron chi connectivity index (χ4n) is 3.47. The van der Waals surface area contributed by atoms with Gasteiger partial charge in [-0.05, 0) is 42.3 Å². The normalized spacial score (nSPS) is 18.4. The molecule has 0 bridgehead atoms. The van der Waals surface area contributed by atoms with Crippen molar-refractivity contribution in [3.05, 3.63) is 62.3 Å². The van der Waals surface area contributed by atoms with Gasteiger partial charge in [-0.3, -0.25) is 9.69 Å². The van der Waals surface area contributed by atoms with Gasteiger partial charge in [-0.1, -0.05) is 29.3 Å². The van der Waals surface area contributed by atoms with Crippen molar-refractivity contribution < 1.29 is 19.4 Å². The lowest BCUT2D eigenvalue weighted by Crippen LogP contribution is -2.35. The molecular weight excluding hydrogens is 401 g/mol. The van der Waals surface area contributed by atoms with Crippen LogP contribution in [0, 0.1) is 6.92 Å². The molecule has 0 aliphatic carbocycles. The van der Waals surface area contributed by atoms with E-state index in [1.54, 1.807) is 37.3 Å². The number of benzene rings is 2. The number of nitrogens with zero attached hydrogens (tertiary/aromatic N) is 1. The second-order valence-electron chi connectivity index (χ2n) is 6.90.